The Kier molecular flexibility index (Phi) is 2.01. The van der Waals surface area contributed by atoms with Crippen LogP contribution in [0.2, 0.25) is 0 Å². The first kappa shape index (κ1) is 9.48. The van der Waals surface area contributed by atoms with Gasteiger partial charge in [0.25, 0.3) is 0 Å². The van der Waals surface area contributed by atoms with Crippen LogP contribution in [0.25, 0.3) is 0 Å². The fourth-order valence-corrected chi connectivity index (χ4v) is 1.71. The van der Waals surface area contributed by atoms with E-state index >= 15 is 0 Å². The molecule has 0 bridgehead atoms. The van der Waals surface area contributed by atoms with Crippen molar-refractivity contribution in [2.75, 3.05) is 18.0 Å². The van der Waals surface area contributed by atoms with E-state index < -0.39 is 11.7 Å². The number of hydrogen-bond acceptors (Lipinski definition) is 4. The van der Waals surface area contributed by atoms with Crippen molar-refractivity contribution in [2.24, 2.45) is 7.05 Å². The van der Waals surface area contributed by atoms with Gasteiger partial charge < -0.3 is 15.1 Å². The van der Waals surface area contributed by atoms with Crippen molar-refractivity contribution < 1.29 is 10.2 Å². The summed E-state index contributed by atoms with van der Waals surface area (Å²) in [5.41, 5.74) is -1.03. The molecule has 1 saturated heterocycles. The minimum Gasteiger partial charge on any atom is -0.388 e. The SMILES string of the molecule is Cn1ccc(N2C[C@H](O)[C@](C)(O)C2)n1. The van der Waals surface area contributed by atoms with Gasteiger partial charge in [0.2, 0.25) is 0 Å². The number of aryl methyl sites for hydroxylation is 1. The number of β-amino-alcohol motifs (C(OH)–C–C–N with tert-alkyl or cyclic N) is 2. The lowest BCUT2D eigenvalue weighted by Gasteiger charge is -2.19. The van der Waals surface area contributed by atoms with Gasteiger partial charge in [-0.1, -0.05) is 0 Å². The normalized spacial score (nSPS) is 32.6. The predicted molar refractivity (Wildman–Crippen MR) is 52.1 cm³/mol. The van der Waals surface area contributed by atoms with Gasteiger partial charge in [-0.2, -0.15) is 5.10 Å². The van der Waals surface area contributed by atoms with Gasteiger partial charge in [-0.15, -0.1) is 0 Å². The van der Waals surface area contributed by atoms with Crippen molar-refractivity contribution in [1.29, 1.82) is 0 Å². The van der Waals surface area contributed by atoms with Crippen LogP contribution >= 0.6 is 0 Å². The highest BCUT2D eigenvalue weighted by atomic mass is 16.3. The van der Waals surface area contributed by atoms with Crippen molar-refractivity contribution in [2.45, 2.75) is 18.6 Å². The Hall–Kier alpha value is -1.07. The smallest absolute Gasteiger partial charge is 0.150 e. The molecule has 1 aromatic rings. The van der Waals surface area contributed by atoms with E-state index in [9.17, 15) is 10.2 Å². The third kappa shape index (κ3) is 1.49. The zero-order valence-corrected chi connectivity index (χ0v) is 8.38. The molecule has 1 fully saturated rings. The van der Waals surface area contributed by atoms with E-state index in [0.29, 0.717) is 13.1 Å². The molecule has 0 spiro atoms. The molecule has 2 atom stereocenters. The summed E-state index contributed by atoms with van der Waals surface area (Å²) in [4.78, 5) is 1.88. The fourth-order valence-electron chi connectivity index (χ4n) is 1.71. The van der Waals surface area contributed by atoms with E-state index in [2.05, 4.69) is 5.10 Å². The third-order valence-corrected chi connectivity index (χ3v) is 2.65. The number of aromatic nitrogens is 2. The Morgan fingerprint density at radius 3 is 2.79 bits per heavy atom. The molecule has 78 valence electrons. The number of rotatable bonds is 1. The maximum Gasteiger partial charge on any atom is 0.150 e. The molecule has 0 unspecified atom stereocenters. The van der Waals surface area contributed by atoms with Crippen molar-refractivity contribution in [3.8, 4) is 0 Å². The molecular weight excluding hydrogens is 182 g/mol. The Labute approximate surface area is 82.6 Å². The minimum absolute atomic E-state index is 0.422. The molecule has 1 aliphatic heterocycles. The van der Waals surface area contributed by atoms with Gasteiger partial charge in [0, 0.05) is 25.9 Å². The molecule has 2 N–H and O–H groups in total. The highest BCUT2D eigenvalue weighted by Crippen LogP contribution is 2.25. The van der Waals surface area contributed by atoms with Gasteiger partial charge in [-0.25, -0.2) is 0 Å². The second-order valence-corrected chi connectivity index (χ2v) is 4.10. The minimum atomic E-state index is -1.03. The molecule has 14 heavy (non-hydrogen) atoms. The second-order valence-electron chi connectivity index (χ2n) is 4.10. The number of aliphatic hydroxyl groups is 2. The van der Waals surface area contributed by atoms with Crippen molar-refractivity contribution >= 4 is 5.82 Å². The molecule has 0 amide bonds. The standard InChI is InChI=1S/C9H15N3O2/c1-9(14)6-12(5-7(9)13)8-3-4-11(2)10-8/h3-4,7,13-14H,5-6H2,1-2H3/t7-,9+/m0/s1. The number of anilines is 1. The van der Waals surface area contributed by atoms with E-state index in [4.69, 9.17) is 0 Å². The van der Waals surface area contributed by atoms with Gasteiger partial charge in [0.05, 0.1) is 6.54 Å². The molecule has 0 aromatic carbocycles. The van der Waals surface area contributed by atoms with E-state index in [1.165, 1.54) is 0 Å². The van der Waals surface area contributed by atoms with Gasteiger partial charge >= 0.3 is 0 Å². The van der Waals surface area contributed by atoms with E-state index in [-0.39, 0.29) is 0 Å². The lowest BCUT2D eigenvalue weighted by Crippen LogP contribution is -2.37. The summed E-state index contributed by atoms with van der Waals surface area (Å²) in [6.45, 7) is 2.50. The van der Waals surface area contributed by atoms with Gasteiger partial charge in [0.1, 0.15) is 11.7 Å². The molecule has 0 radical (unpaired) electrons. The Balaban J connectivity index is 2.16. The van der Waals surface area contributed by atoms with Crippen molar-refractivity contribution in [3.05, 3.63) is 12.3 Å². The van der Waals surface area contributed by atoms with Crippen LogP contribution in [-0.2, 0) is 7.05 Å². The van der Waals surface area contributed by atoms with Gasteiger partial charge in [0.15, 0.2) is 5.82 Å². The average molecular weight is 197 g/mol. The largest absolute Gasteiger partial charge is 0.388 e. The molecule has 1 aliphatic rings. The first-order valence-corrected chi connectivity index (χ1v) is 4.64. The van der Waals surface area contributed by atoms with Crippen LogP contribution in [0.1, 0.15) is 6.92 Å². The van der Waals surface area contributed by atoms with Crippen LogP contribution in [0.4, 0.5) is 5.82 Å². The quantitative estimate of drug-likeness (QED) is 0.628. The first-order chi connectivity index (χ1) is 6.49. The van der Waals surface area contributed by atoms with Crippen LogP contribution in [0.3, 0.4) is 0 Å². The molecule has 1 aromatic heterocycles. The van der Waals surface area contributed by atoms with Crippen LogP contribution in [-0.4, -0.2) is 44.8 Å². The Bertz CT molecular complexity index is 335. The topological polar surface area (TPSA) is 61.5 Å². The van der Waals surface area contributed by atoms with Crippen molar-refractivity contribution in [3.63, 3.8) is 0 Å². The third-order valence-electron chi connectivity index (χ3n) is 2.65. The van der Waals surface area contributed by atoms with Gasteiger partial charge in [-0.05, 0) is 6.92 Å². The summed E-state index contributed by atoms with van der Waals surface area (Å²) in [5, 5.41) is 23.6. The zero-order chi connectivity index (χ0) is 10.3. The first-order valence-electron chi connectivity index (χ1n) is 4.64. The summed E-state index contributed by atoms with van der Waals surface area (Å²) in [5.74, 6) is 0.796. The molecule has 2 heterocycles. The second kappa shape index (κ2) is 2.96. The summed E-state index contributed by atoms with van der Waals surface area (Å²) < 4.78 is 1.70. The average Bonchev–Trinajstić information content (AvgIpc) is 2.58. The van der Waals surface area contributed by atoms with Crippen LogP contribution in [0.5, 0.6) is 0 Å². The Morgan fingerprint density at radius 2 is 2.36 bits per heavy atom. The predicted octanol–water partition coefficient (Wildman–Crippen LogP) is -0.648. The maximum atomic E-state index is 9.78. The molecule has 5 heteroatoms. The fraction of sp³-hybridized carbons (Fsp3) is 0.667. The summed E-state index contributed by atoms with van der Waals surface area (Å²) >= 11 is 0. The summed E-state index contributed by atoms with van der Waals surface area (Å²) in [6.07, 6.45) is 1.14. The lowest BCUT2D eigenvalue weighted by molar-refractivity contribution is -0.0245. The van der Waals surface area contributed by atoms with Crippen LogP contribution < -0.4 is 4.90 Å². The summed E-state index contributed by atoms with van der Waals surface area (Å²) in [6, 6.07) is 1.87. The Morgan fingerprint density at radius 1 is 1.64 bits per heavy atom. The number of aliphatic hydroxyl groups excluding tert-OH is 1. The molecule has 0 aliphatic carbocycles. The monoisotopic (exact) mass is 197 g/mol. The van der Waals surface area contributed by atoms with Crippen LogP contribution in [0, 0.1) is 0 Å². The number of hydrogen-bond donors (Lipinski definition) is 2. The highest BCUT2D eigenvalue weighted by molar-refractivity contribution is 5.40. The lowest BCUT2D eigenvalue weighted by atomic mass is 10.0. The summed E-state index contributed by atoms with van der Waals surface area (Å²) in [7, 11) is 1.84. The van der Waals surface area contributed by atoms with E-state index in [0.717, 1.165) is 5.82 Å². The molecule has 2 rings (SSSR count). The molecule has 0 saturated carbocycles. The molecular formula is C9H15N3O2. The van der Waals surface area contributed by atoms with E-state index in [1.54, 1.807) is 11.6 Å². The molecule has 5 nitrogen and oxygen atoms in total. The van der Waals surface area contributed by atoms with Gasteiger partial charge in [-0.3, -0.25) is 4.68 Å². The zero-order valence-electron chi connectivity index (χ0n) is 8.38. The van der Waals surface area contributed by atoms with Crippen molar-refractivity contribution in [1.82, 2.24) is 9.78 Å². The van der Waals surface area contributed by atoms with E-state index in [1.807, 2.05) is 24.2 Å². The number of nitrogens with zero attached hydrogens (tertiary/aromatic N) is 3. The highest BCUT2D eigenvalue weighted by Gasteiger charge is 2.40. The van der Waals surface area contributed by atoms with Crippen LogP contribution in [0.15, 0.2) is 12.3 Å². The maximum absolute atomic E-state index is 9.78.